The Morgan fingerprint density at radius 1 is 1.23 bits per heavy atom. The van der Waals surface area contributed by atoms with E-state index in [9.17, 15) is 9.59 Å². The number of carbonyl (C=O) groups excluding carboxylic acids is 2. The van der Waals surface area contributed by atoms with Gasteiger partial charge in [-0.1, -0.05) is 12.1 Å². The lowest BCUT2D eigenvalue weighted by atomic mass is 10.1. The quantitative estimate of drug-likeness (QED) is 0.793. The van der Waals surface area contributed by atoms with E-state index in [0.717, 1.165) is 16.8 Å². The van der Waals surface area contributed by atoms with Gasteiger partial charge in [0.1, 0.15) is 11.0 Å². The van der Waals surface area contributed by atoms with Crippen molar-refractivity contribution in [3.05, 3.63) is 46.3 Å². The van der Waals surface area contributed by atoms with Crippen LogP contribution in [0.2, 0.25) is 0 Å². The number of amides is 2. The lowest BCUT2D eigenvalue weighted by Crippen LogP contribution is -2.32. The largest absolute Gasteiger partial charge is 0.374 e. The molecule has 0 aliphatic rings. The highest BCUT2D eigenvalue weighted by Gasteiger charge is 2.17. The van der Waals surface area contributed by atoms with E-state index in [1.807, 2.05) is 32.0 Å². The van der Waals surface area contributed by atoms with E-state index in [1.165, 1.54) is 11.3 Å². The standard InChI is InChI=1S/C16H19N3O2S/c1-9-4-5-10(2)13(8-9)18-11(3)15(21)19-16-12(14(17)20)6-7-22-16/h4-8,11,18H,1-3H3,(H2,17,20)(H,19,21)/t11-/m1/s1. The normalized spacial score (nSPS) is 11.8. The van der Waals surface area contributed by atoms with Gasteiger partial charge >= 0.3 is 0 Å². The Hall–Kier alpha value is -2.34. The second kappa shape index (κ2) is 6.62. The Balaban J connectivity index is 2.08. The number of nitrogens with one attached hydrogen (secondary N) is 2. The van der Waals surface area contributed by atoms with E-state index in [4.69, 9.17) is 5.73 Å². The molecule has 116 valence electrons. The average Bonchev–Trinajstić information content (AvgIpc) is 2.91. The topological polar surface area (TPSA) is 84.2 Å². The number of primary amides is 1. The fourth-order valence-electron chi connectivity index (χ4n) is 2.01. The van der Waals surface area contributed by atoms with Gasteiger partial charge in [0.2, 0.25) is 5.91 Å². The van der Waals surface area contributed by atoms with Crippen LogP contribution in [0.5, 0.6) is 0 Å². The number of nitrogens with two attached hydrogens (primary N) is 1. The zero-order valence-corrected chi connectivity index (χ0v) is 13.6. The van der Waals surface area contributed by atoms with Crippen molar-refractivity contribution in [3.63, 3.8) is 0 Å². The fourth-order valence-corrected chi connectivity index (χ4v) is 2.81. The highest BCUT2D eigenvalue weighted by molar-refractivity contribution is 7.14. The van der Waals surface area contributed by atoms with E-state index in [2.05, 4.69) is 10.6 Å². The molecule has 1 heterocycles. The summed E-state index contributed by atoms with van der Waals surface area (Å²) in [5.41, 5.74) is 8.71. The maximum atomic E-state index is 12.3. The first-order chi connectivity index (χ1) is 10.4. The third-order valence-corrected chi connectivity index (χ3v) is 4.16. The fraction of sp³-hybridized carbons (Fsp3) is 0.250. The predicted molar refractivity (Wildman–Crippen MR) is 90.5 cm³/mol. The Morgan fingerprint density at radius 2 is 1.95 bits per heavy atom. The molecule has 1 atom stereocenters. The molecule has 2 rings (SSSR count). The summed E-state index contributed by atoms with van der Waals surface area (Å²) in [7, 11) is 0. The first-order valence-corrected chi connectivity index (χ1v) is 7.78. The summed E-state index contributed by atoms with van der Waals surface area (Å²) in [5.74, 6) is -0.766. The zero-order valence-electron chi connectivity index (χ0n) is 12.8. The molecule has 2 amide bonds. The van der Waals surface area contributed by atoms with Crippen LogP contribution in [0.3, 0.4) is 0 Å². The van der Waals surface area contributed by atoms with Gasteiger partial charge in [-0.3, -0.25) is 9.59 Å². The number of benzene rings is 1. The van der Waals surface area contributed by atoms with Crippen LogP contribution in [0.4, 0.5) is 10.7 Å². The van der Waals surface area contributed by atoms with E-state index in [1.54, 1.807) is 18.4 Å². The van der Waals surface area contributed by atoms with Crippen molar-refractivity contribution in [1.29, 1.82) is 0 Å². The number of hydrogen-bond donors (Lipinski definition) is 3. The van der Waals surface area contributed by atoms with Gasteiger partial charge < -0.3 is 16.4 Å². The molecule has 1 aromatic heterocycles. The minimum atomic E-state index is -0.549. The molecule has 5 nitrogen and oxygen atoms in total. The molecule has 1 aromatic carbocycles. The third kappa shape index (κ3) is 3.65. The second-order valence-corrected chi connectivity index (χ2v) is 6.12. The van der Waals surface area contributed by atoms with Gasteiger partial charge in [0.15, 0.2) is 0 Å². The first-order valence-electron chi connectivity index (χ1n) is 6.90. The van der Waals surface area contributed by atoms with E-state index < -0.39 is 11.9 Å². The van der Waals surface area contributed by atoms with Crippen LogP contribution in [0.25, 0.3) is 0 Å². The third-order valence-electron chi connectivity index (χ3n) is 3.33. The van der Waals surface area contributed by atoms with Gasteiger partial charge in [-0.2, -0.15) is 0 Å². The summed E-state index contributed by atoms with van der Waals surface area (Å²) in [4.78, 5) is 23.5. The molecular weight excluding hydrogens is 298 g/mol. The van der Waals surface area contributed by atoms with Crippen molar-refractivity contribution in [1.82, 2.24) is 0 Å². The molecule has 0 fully saturated rings. The van der Waals surface area contributed by atoms with Gasteiger partial charge in [0.05, 0.1) is 5.56 Å². The highest BCUT2D eigenvalue weighted by Crippen LogP contribution is 2.23. The lowest BCUT2D eigenvalue weighted by molar-refractivity contribution is -0.116. The summed E-state index contributed by atoms with van der Waals surface area (Å²) in [6.45, 7) is 5.76. The Bertz CT molecular complexity index is 709. The zero-order chi connectivity index (χ0) is 16.3. The molecule has 2 aromatic rings. The molecule has 22 heavy (non-hydrogen) atoms. The van der Waals surface area contributed by atoms with Crippen LogP contribution in [0.1, 0.15) is 28.4 Å². The molecule has 0 radical (unpaired) electrons. The van der Waals surface area contributed by atoms with Crippen LogP contribution in [0, 0.1) is 13.8 Å². The van der Waals surface area contributed by atoms with Gasteiger partial charge in [-0.25, -0.2) is 0 Å². The van der Waals surface area contributed by atoms with Gasteiger partial charge in [-0.15, -0.1) is 11.3 Å². The van der Waals surface area contributed by atoms with Crippen LogP contribution >= 0.6 is 11.3 Å². The molecule has 4 N–H and O–H groups in total. The van der Waals surface area contributed by atoms with Crippen LogP contribution in [0.15, 0.2) is 29.6 Å². The van der Waals surface area contributed by atoms with E-state index in [0.29, 0.717) is 10.6 Å². The summed E-state index contributed by atoms with van der Waals surface area (Å²) in [6, 6.07) is 7.19. The highest BCUT2D eigenvalue weighted by atomic mass is 32.1. The minimum absolute atomic E-state index is 0.217. The number of anilines is 2. The smallest absolute Gasteiger partial charge is 0.251 e. The Kier molecular flexibility index (Phi) is 4.82. The van der Waals surface area contributed by atoms with E-state index in [-0.39, 0.29) is 5.91 Å². The van der Waals surface area contributed by atoms with Gasteiger partial charge in [-0.05, 0) is 49.4 Å². The lowest BCUT2D eigenvalue weighted by Gasteiger charge is -2.17. The van der Waals surface area contributed by atoms with Crippen molar-refractivity contribution in [2.45, 2.75) is 26.8 Å². The van der Waals surface area contributed by atoms with Crippen LogP contribution in [-0.4, -0.2) is 17.9 Å². The van der Waals surface area contributed by atoms with Crippen molar-refractivity contribution in [2.24, 2.45) is 5.73 Å². The summed E-state index contributed by atoms with van der Waals surface area (Å²) >= 11 is 1.27. The van der Waals surface area contributed by atoms with Gasteiger partial charge in [0, 0.05) is 5.69 Å². The number of aryl methyl sites for hydroxylation is 2. The number of hydrogen-bond acceptors (Lipinski definition) is 4. The molecule has 0 spiro atoms. The Morgan fingerprint density at radius 3 is 2.64 bits per heavy atom. The summed E-state index contributed by atoms with van der Waals surface area (Å²) < 4.78 is 0. The van der Waals surface area contributed by atoms with Gasteiger partial charge in [0.25, 0.3) is 5.91 Å². The number of rotatable bonds is 5. The van der Waals surface area contributed by atoms with Crippen molar-refractivity contribution in [3.8, 4) is 0 Å². The minimum Gasteiger partial charge on any atom is -0.374 e. The first kappa shape index (κ1) is 16.0. The van der Waals surface area contributed by atoms with Crippen LogP contribution < -0.4 is 16.4 Å². The molecule has 0 unspecified atom stereocenters. The maximum absolute atomic E-state index is 12.3. The second-order valence-electron chi connectivity index (χ2n) is 5.20. The van der Waals surface area contributed by atoms with Crippen molar-refractivity contribution in [2.75, 3.05) is 10.6 Å². The SMILES string of the molecule is Cc1ccc(C)c(N[C@H](C)C(=O)Nc2sccc2C(N)=O)c1. The molecule has 6 heteroatoms. The van der Waals surface area contributed by atoms with E-state index >= 15 is 0 Å². The number of thiophene rings is 1. The summed E-state index contributed by atoms with van der Waals surface area (Å²) in [5, 5.41) is 8.13. The predicted octanol–water partition coefficient (Wildman–Crippen LogP) is 2.90. The van der Waals surface area contributed by atoms with Crippen LogP contribution in [-0.2, 0) is 4.79 Å². The van der Waals surface area contributed by atoms with Crippen molar-refractivity contribution >= 4 is 33.8 Å². The molecule has 0 saturated heterocycles. The molecule has 0 bridgehead atoms. The summed E-state index contributed by atoms with van der Waals surface area (Å²) in [6.07, 6.45) is 0. The monoisotopic (exact) mass is 317 g/mol. The molecule has 0 saturated carbocycles. The molecular formula is C16H19N3O2S. The van der Waals surface area contributed by atoms with Crippen molar-refractivity contribution < 1.29 is 9.59 Å². The Labute approximate surface area is 133 Å². The molecule has 0 aliphatic carbocycles. The maximum Gasteiger partial charge on any atom is 0.251 e. The molecule has 0 aliphatic heterocycles. The number of carbonyl (C=O) groups is 2. The average molecular weight is 317 g/mol.